The van der Waals surface area contributed by atoms with Crippen LogP contribution in [-0.2, 0) is 9.53 Å². The maximum atomic E-state index is 12.2. The van der Waals surface area contributed by atoms with Crippen LogP contribution in [0.4, 0.5) is 5.82 Å². The molecule has 21 heavy (non-hydrogen) atoms. The lowest BCUT2D eigenvalue weighted by molar-refractivity contribution is -0.119. The number of rotatable bonds is 3. The van der Waals surface area contributed by atoms with Gasteiger partial charge in [-0.25, -0.2) is 4.98 Å². The van der Waals surface area contributed by atoms with Crippen LogP contribution in [0.1, 0.15) is 12.8 Å². The molecule has 1 saturated heterocycles. The van der Waals surface area contributed by atoms with Crippen molar-refractivity contribution >= 4 is 29.8 Å². The molecule has 3 N–H and O–H groups in total. The lowest BCUT2D eigenvalue weighted by Crippen LogP contribution is -2.44. The third kappa shape index (κ3) is 3.31. The Hall–Kier alpha value is -1.70. The summed E-state index contributed by atoms with van der Waals surface area (Å²) in [5, 5.41) is 6.95. The lowest BCUT2D eigenvalue weighted by atomic mass is 9.92. The van der Waals surface area contributed by atoms with E-state index < -0.39 is 6.04 Å². The van der Waals surface area contributed by atoms with Gasteiger partial charge in [0, 0.05) is 25.5 Å². The Labute approximate surface area is 128 Å². The fraction of sp³-hybridized carbons (Fsp3) is 0.462. The van der Waals surface area contributed by atoms with Crippen LogP contribution in [0.2, 0.25) is 0 Å². The molecule has 0 spiro atoms. The van der Waals surface area contributed by atoms with E-state index in [1.807, 2.05) is 0 Å². The van der Waals surface area contributed by atoms with E-state index in [1.165, 1.54) is 0 Å². The minimum Gasteiger partial charge on any atom is -0.381 e. The van der Waals surface area contributed by atoms with Crippen molar-refractivity contribution in [2.45, 2.75) is 18.9 Å². The molecule has 1 unspecified atom stereocenters. The Kier molecular flexibility index (Phi) is 5.11. The zero-order valence-corrected chi connectivity index (χ0v) is 12.3. The monoisotopic (exact) mass is 311 g/mol. The van der Waals surface area contributed by atoms with Crippen molar-refractivity contribution in [3.8, 4) is 0 Å². The third-order valence-electron chi connectivity index (χ3n) is 3.62. The molecule has 1 fully saturated rings. The van der Waals surface area contributed by atoms with Gasteiger partial charge in [-0.15, -0.1) is 12.4 Å². The van der Waals surface area contributed by atoms with Gasteiger partial charge in [-0.3, -0.25) is 4.79 Å². The predicted octanol–water partition coefficient (Wildman–Crippen LogP) is 0.843. The fourth-order valence-corrected chi connectivity index (χ4v) is 2.43. The molecule has 0 radical (unpaired) electrons. The highest BCUT2D eigenvalue weighted by Crippen LogP contribution is 2.19. The Bertz CT molecular complexity index is 611. The molecule has 1 aliphatic rings. The molecule has 2 aromatic heterocycles. The van der Waals surface area contributed by atoms with Gasteiger partial charge < -0.3 is 15.8 Å². The van der Waals surface area contributed by atoms with Gasteiger partial charge in [0.2, 0.25) is 5.91 Å². The van der Waals surface area contributed by atoms with E-state index in [0.29, 0.717) is 24.7 Å². The molecular weight excluding hydrogens is 294 g/mol. The summed E-state index contributed by atoms with van der Waals surface area (Å²) in [4.78, 5) is 16.4. The number of fused-ring (bicyclic) bond motifs is 1. The van der Waals surface area contributed by atoms with Crippen LogP contribution in [0.15, 0.2) is 24.5 Å². The van der Waals surface area contributed by atoms with E-state index in [1.54, 1.807) is 29.0 Å². The summed E-state index contributed by atoms with van der Waals surface area (Å²) in [6.07, 6.45) is 4.91. The number of nitrogens with one attached hydrogen (secondary N) is 1. The topological polar surface area (TPSA) is 94.5 Å². The first-order valence-corrected chi connectivity index (χ1v) is 6.68. The smallest absolute Gasteiger partial charge is 0.242 e. The number of anilines is 1. The van der Waals surface area contributed by atoms with Crippen molar-refractivity contribution in [1.82, 2.24) is 14.6 Å². The zero-order chi connectivity index (χ0) is 13.9. The molecular formula is C13H18ClN5O2. The molecule has 3 rings (SSSR count). The zero-order valence-electron chi connectivity index (χ0n) is 11.4. The first kappa shape index (κ1) is 15.7. The largest absolute Gasteiger partial charge is 0.381 e. The van der Waals surface area contributed by atoms with Gasteiger partial charge in [0.25, 0.3) is 0 Å². The summed E-state index contributed by atoms with van der Waals surface area (Å²) in [5.41, 5.74) is 6.73. The highest BCUT2D eigenvalue weighted by molar-refractivity contribution is 5.94. The highest BCUT2D eigenvalue weighted by atomic mass is 35.5. The third-order valence-corrected chi connectivity index (χ3v) is 3.62. The Morgan fingerprint density at radius 3 is 2.90 bits per heavy atom. The second kappa shape index (κ2) is 6.84. The van der Waals surface area contributed by atoms with Crippen LogP contribution in [0.3, 0.4) is 0 Å². The molecule has 114 valence electrons. The van der Waals surface area contributed by atoms with Crippen molar-refractivity contribution in [2.75, 3.05) is 18.5 Å². The van der Waals surface area contributed by atoms with Crippen LogP contribution < -0.4 is 11.1 Å². The first-order valence-electron chi connectivity index (χ1n) is 6.68. The van der Waals surface area contributed by atoms with Gasteiger partial charge in [0.05, 0.1) is 12.2 Å². The Morgan fingerprint density at radius 1 is 1.38 bits per heavy atom. The number of aromatic nitrogens is 3. The Morgan fingerprint density at radius 2 is 2.14 bits per heavy atom. The van der Waals surface area contributed by atoms with E-state index in [9.17, 15) is 4.79 Å². The summed E-state index contributed by atoms with van der Waals surface area (Å²) in [5.74, 6) is 0.547. The molecule has 1 atom stereocenters. The fourth-order valence-electron chi connectivity index (χ4n) is 2.43. The van der Waals surface area contributed by atoms with Crippen molar-refractivity contribution in [3.05, 3.63) is 24.5 Å². The lowest BCUT2D eigenvalue weighted by Gasteiger charge is -2.26. The number of halogens is 1. The van der Waals surface area contributed by atoms with Crippen LogP contribution in [0, 0.1) is 5.92 Å². The second-order valence-electron chi connectivity index (χ2n) is 4.90. The normalized spacial score (nSPS) is 17.2. The summed E-state index contributed by atoms with van der Waals surface area (Å²) in [6, 6.07) is 2.94. The van der Waals surface area contributed by atoms with Gasteiger partial charge in [0.15, 0.2) is 5.65 Å². The van der Waals surface area contributed by atoms with E-state index in [2.05, 4.69) is 15.4 Å². The maximum Gasteiger partial charge on any atom is 0.242 e. The molecule has 0 bridgehead atoms. The first-order chi connectivity index (χ1) is 9.75. The van der Waals surface area contributed by atoms with Gasteiger partial charge in [-0.05, 0) is 24.8 Å². The molecule has 1 amide bonds. The number of nitrogens with zero attached hydrogens (tertiary/aromatic N) is 3. The molecule has 0 aliphatic carbocycles. The number of nitrogens with two attached hydrogens (primary N) is 1. The van der Waals surface area contributed by atoms with Gasteiger partial charge in [-0.2, -0.15) is 9.61 Å². The van der Waals surface area contributed by atoms with Crippen LogP contribution in [-0.4, -0.2) is 39.8 Å². The quantitative estimate of drug-likeness (QED) is 0.876. The SMILES string of the molecule is Cl.NC(C(=O)Nc1ccnc2ccnn12)C1CCOCC1. The number of hydrogen-bond donors (Lipinski definition) is 2. The standard InChI is InChI=1S/C13H17N5O2.ClH/c14-12(9-3-7-20-8-4-9)13(19)17-11-1-5-15-10-2-6-16-18(10)11;/h1-2,5-6,9,12H,3-4,7-8,14H2,(H,17,19);1H. The molecule has 2 aromatic rings. The van der Waals surface area contributed by atoms with Crippen molar-refractivity contribution in [1.29, 1.82) is 0 Å². The molecule has 7 nitrogen and oxygen atoms in total. The highest BCUT2D eigenvalue weighted by Gasteiger charge is 2.26. The van der Waals surface area contributed by atoms with Crippen molar-refractivity contribution in [2.24, 2.45) is 11.7 Å². The van der Waals surface area contributed by atoms with E-state index in [0.717, 1.165) is 12.8 Å². The number of ether oxygens (including phenoxy) is 1. The second-order valence-corrected chi connectivity index (χ2v) is 4.90. The molecule has 0 aromatic carbocycles. The number of carbonyl (C=O) groups is 1. The summed E-state index contributed by atoms with van der Waals surface area (Å²) >= 11 is 0. The van der Waals surface area contributed by atoms with Crippen LogP contribution in [0.5, 0.6) is 0 Å². The minimum absolute atomic E-state index is 0. The average Bonchev–Trinajstić information content (AvgIpc) is 2.97. The summed E-state index contributed by atoms with van der Waals surface area (Å²) in [7, 11) is 0. The van der Waals surface area contributed by atoms with Gasteiger partial charge in [-0.1, -0.05) is 0 Å². The predicted molar refractivity (Wildman–Crippen MR) is 80.4 cm³/mol. The summed E-state index contributed by atoms with van der Waals surface area (Å²) in [6.45, 7) is 1.34. The van der Waals surface area contributed by atoms with E-state index in [-0.39, 0.29) is 24.2 Å². The Balaban J connectivity index is 0.00000161. The van der Waals surface area contributed by atoms with E-state index in [4.69, 9.17) is 10.5 Å². The van der Waals surface area contributed by atoms with Gasteiger partial charge in [0.1, 0.15) is 5.82 Å². The molecule has 0 saturated carbocycles. The number of carbonyl (C=O) groups excluding carboxylic acids is 1. The van der Waals surface area contributed by atoms with E-state index >= 15 is 0 Å². The maximum absolute atomic E-state index is 12.2. The van der Waals surface area contributed by atoms with Gasteiger partial charge >= 0.3 is 0 Å². The van der Waals surface area contributed by atoms with Crippen molar-refractivity contribution < 1.29 is 9.53 Å². The number of amides is 1. The van der Waals surface area contributed by atoms with Crippen molar-refractivity contribution in [3.63, 3.8) is 0 Å². The van der Waals surface area contributed by atoms with Crippen LogP contribution in [0.25, 0.3) is 5.65 Å². The molecule has 3 heterocycles. The average molecular weight is 312 g/mol. The molecule has 1 aliphatic heterocycles. The van der Waals surface area contributed by atoms with Crippen LogP contribution >= 0.6 is 12.4 Å². The number of hydrogen-bond acceptors (Lipinski definition) is 5. The minimum atomic E-state index is -0.530. The summed E-state index contributed by atoms with van der Waals surface area (Å²) < 4.78 is 6.86. The molecule has 8 heteroatoms.